The van der Waals surface area contributed by atoms with Crippen LogP contribution in [0.5, 0.6) is 0 Å². The second-order valence-corrected chi connectivity index (χ2v) is 15.3. The Balaban J connectivity index is 1.02. The van der Waals surface area contributed by atoms with Gasteiger partial charge in [0.15, 0.2) is 0 Å². The minimum absolute atomic E-state index is 0.212. The number of nitrogens with one attached hydrogen (secondary N) is 2. The van der Waals surface area contributed by atoms with Crippen LogP contribution in [-0.4, -0.2) is 0 Å². The Bertz CT molecular complexity index is 2890. The van der Waals surface area contributed by atoms with Crippen molar-refractivity contribution in [1.82, 2.24) is 10.6 Å². The summed E-state index contributed by atoms with van der Waals surface area (Å²) in [5.41, 5.74) is 14.5. The first-order valence-corrected chi connectivity index (χ1v) is 18.9. The van der Waals surface area contributed by atoms with Gasteiger partial charge in [-0.2, -0.15) is 0 Å². The second-order valence-electron chi connectivity index (χ2n) is 13.1. The van der Waals surface area contributed by atoms with Gasteiger partial charge in [0.2, 0.25) is 0 Å². The van der Waals surface area contributed by atoms with Crippen LogP contribution in [0.2, 0.25) is 0 Å². The van der Waals surface area contributed by atoms with Gasteiger partial charge >= 0.3 is 0 Å². The van der Waals surface area contributed by atoms with Gasteiger partial charge < -0.3 is 10.2 Å². The minimum atomic E-state index is -0.472. The van der Waals surface area contributed by atoms with Crippen LogP contribution in [0.4, 0.5) is 0 Å². The molecule has 6 heteroatoms. The van der Waals surface area contributed by atoms with E-state index in [-0.39, 0.29) is 6.17 Å². The smallest absolute Gasteiger partial charge is 0.141 e. The van der Waals surface area contributed by atoms with Crippen LogP contribution in [0.15, 0.2) is 156 Å². The first kappa shape index (κ1) is 30.5. The van der Waals surface area contributed by atoms with Gasteiger partial charge in [-0.15, -0.1) is 22.7 Å². The van der Waals surface area contributed by atoms with E-state index in [1.54, 1.807) is 0 Å². The lowest BCUT2D eigenvalue weighted by molar-refractivity contribution is 0.385. The fourth-order valence-corrected chi connectivity index (χ4v) is 9.86. The van der Waals surface area contributed by atoms with Crippen LogP contribution in [0, 0.1) is 0 Å². The molecule has 2 atom stereocenters. The van der Waals surface area contributed by atoms with E-state index in [4.69, 9.17) is 10.2 Å². The molecule has 4 N–H and O–H groups in total. The summed E-state index contributed by atoms with van der Waals surface area (Å²) in [6, 6.07) is 54.0. The molecule has 10 aromatic rings. The van der Waals surface area contributed by atoms with E-state index in [0.29, 0.717) is 6.54 Å². The quantitative estimate of drug-likeness (QED) is 0.138. The lowest BCUT2D eigenvalue weighted by Gasteiger charge is -2.25. The third-order valence-electron chi connectivity index (χ3n) is 10.0. The van der Waals surface area contributed by atoms with Crippen LogP contribution in [0.25, 0.3) is 73.4 Å². The molecule has 0 saturated carbocycles. The largest absolute Gasteiger partial charge is 0.456 e. The second kappa shape index (κ2) is 12.5. The van der Waals surface area contributed by atoms with Gasteiger partial charge in [-0.3, -0.25) is 10.6 Å². The number of benzene rings is 7. The summed E-state index contributed by atoms with van der Waals surface area (Å²) in [4.78, 5) is 0. The molecule has 246 valence electrons. The molecule has 0 amide bonds. The van der Waals surface area contributed by atoms with Crippen molar-refractivity contribution in [2.75, 3.05) is 0 Å². The molecule has 0 aliphatic rings. The summed E-state index contributed by atoms with van der Waals surface area (Å²) >= 11 is 3.72. The van der Waals surface area contributed by atoms with E-state index in [2.05, 4.69) is 138 Å². The number of nitrogens with two attached hydrogens (primary N) is 1. The average molecular weight is 696 g/mol. The Hall–Kier alpha value is -5.34. The average Bonchev–Trinajstić information content (AvgIpc) is 3.87. The van der Waals surface area contributed by atoms with E-state index < -0.39 is 6.17 Å². The van der Waals surface area contributed by atoms with Gasteiger partial charge in [-0.05, 0) is 52.6 Å². The number of para-hydroxylation sites is 2. The lowest BCUT2D eigenvalue weighted by atomic mass is 10.00. The zero-order valence-corrected chi connectivity index (χ0v) is 29.2. The molecule has 0 spiro atoms. The number of furan rings is 1. The van der Waals surface area contributed by atoms with Crippen molar-refractivity contribution in [2.24, 2.45) is 5.73 Å². The predicted octanol–water partition coefficient (Wildman–Crippen LogP) is 12.0. The molecule has 4 nitrogen and oxygen atoms in total. The van der Waals surface area contributed by atoms with E-state index in [9.17, 15) is 0 Å². The summed E-state index contributed by atoms with van der Waals surface area (Å²) in [7, 11) is 0. The lowest BCUT2D eigenvalue weighted by Crippen LogP contribution is -2.39. The van der Waals surface area contributed by atoms with Crippen LogP contribution in [0.1, 0.15) is 29.0 Å². The highest BCUT2D eigenvalue weighted by Gasteiger charge is 2.21. The van der Waals surface area contributed by atoms with Gasteiger partial charge in [-0.25, -0.2) is 0 Å². The van der Waals surface area contributed by atoms with Crippen molar-refractivity contribution < 1.29 is 4.42 Å². The van der Waals surface area contributed by atoms with Crippen LogP contribution in [0.3, 0.4) is 0 Å². The zero-order chi connectivity index (χ0) is 33.9. The van der Waals surface area contributed by atoms with Crippen molar-refractivity contribution in [3.63, 3.8) is 0 Å². The number of hydrogen-bond donors (Lipinski definition) is 3. The SMILES string of the molecule is NC(NC(NCc1ccccc1)c1ccc2c(c1)sc1ccc(-c3cccc4c3sc3ccccc34)cc12)c1cccc2c1oc1ccccc12. The molecular weight excluding hydrogens is 663 g/mol. The molecule has 10 rings (SSSR count). The molecule has 51 heavy (non-hydrogen) atoms. The number of rotatable bonds is 8. The number of thiophene rings is 2. The molecule has 0 bridgehead atoms. The third-order valence-corrected chi connectivity index (χ3v) is 12.4. The molecule has 2 unspecified atom stereocenters. The molecule has 3 aromatic heterocycles. The normalized spacial score (nSPS) is 13.3. The Morgan fingerprint density at radius 3 is 2.24 bits per heavy atom. The summed E-state index contributed by atoms with van der Waals surface area (Å²) < 4.78 is 11.6. The first-order valence-electron chi connectivity index (χ1n) is 17.2. The van der Waals surface area contributed by atoms with Gasteiger partial charge in [0.1, 0.15) is 11.2 Å². The van der Waals surface area contributed by atoms with Crippen molar-refractivity contribution in [3.8, 4) is 11.1 Å². The minimum Gasteiger partial charge on any atom is -0.456 e. The Morgan fingerprint density at radius 1 is 0.569 bits per heavy atom. The molecule has 7 aromatic carbocycles. The highest BCUT2D eigenvalue weighted by Crippen LogP contribution is 2.43. The molecule has 3 heterocycles. The topological polar surface area (TPSA) is 63.2 Å². The molecule has 0 fully saturated rings. The molecule has 0 saturated heterocycles. The fourth-order valence-electron chi connectivity index (χ4n) is 7.49. The van der Waals surface area contributed by atoms with Crippen LogP contribution < -0.4 is 16.4 Å². The highest BCUT2D eigenvalue weighted by molar-refractivity contribution is 7.26. The van der Waals surface area contributed by atoms with Crippen molar-refractivity contribution in [3.05, 3.63) is 168 Å². The van der Waals surface area contributed by atoms with Gasteiger partial charge in [-0.1, -0.05) is 121 Å². The number of hydrogen-bond acceptors (Lipinski definition) is 6. The van der Waals surface area contributed by atoms with Crippen molar-refractivity contribution in [2.45, 2.75) is 18.9 Å². The summed E-state index contributed by atoms with van der Waals surface area (Å²) in [6.45, 7) is 0.692. The van der Waals surface area contributed by atoms with E-state index >= 15 is 0 Å². The standard InChI is InChI=1S/C45H33N3OS2/c46-44(36-17-9-15-34-31-12-4-6-18-38(31)49-42(34)36)48-45(47-26-27-10-2-1-3-11-27)29-20-22-33-37-24-28(21-23-40(37)50-41(33)25-29)30-14-8-16-35-32-13-5-7-19-39(32)51-43(30)35/h1-25,44-45,47-48H,26,46H2. The van der Waals surface area contributed by atoms with E-state index in [1.165, 1.54) is 57.0 Å². The summed E-state index contributed by atoms with van der Waals surface area (Å²) in [5, 5.41) is 14.9. The molecule has 0 aliphatic carbocycles. The molecular formula is C45H33N3OS2. The predicted molar refractivity (Wildman–Crippen MR) is 217 cm³/mol. The molecule has 0 aliphatic heterocycles. The first-order chi connectivity index (χ1) is 25.2. The Kier molecular flexibility index (Phi) is 7.45. The third kappa shape index (κ3) is 5.31. The zero-order valence-electron chi connectivity index (χ0n) is 27.6. The summed E-state index contributed by atoms with van der Waals surface area (Å²) in [6.07, 6.45) is -0.685. The maximum absolute atomic E-state index is 6.99. The van der Waals surface area contributed by atoms with Crippen LogP contribution >= 0.6 is 22.7 Å². The maximum Gasteiger partial charge on any atom is 0.141 e. The van der Waals surface area contributed by atoms with Crippen LogP contribution in [-0.2, 0) is 6.54 Å². The van der Waals surface area contributed by atoms with E-state index in [1.807, 2.05) is 46.9 Å². The van der Waals surface area contributed by atoms with Crippen molar-refractivity contribution in [1.29, 1.82) is 0 Å². The highest BCUT2D eigenvalue weighted by atomic mass is 32.1. The van der Waals surface area contributed by atoms with Gasteiger partial charge in [0, 0.05) is 63.2 Å². The monoisotopic (exact) mass is 695 g/mol. The maximum atomic E-state index is 6.99. The van der Waals surface area contributed by atoms with Gasteiger partial charge in [0.25, 0.3) is 0 Å². The van der Waals surface area contributed by atoms with E-state index in [0.717, 1.165) is 33.1 Å². The van der Waals surface area contributed by atoms with Gasteiger partial charge in [0.05, 0.1) is 12.3 Å². The van der Waals surface area contributed by atoms with Crippen molar-refractivity contribution >= 4 is 85.0 Å². The summed E-state index contributed by atoms with van der Waals surface area (Å²) in [5.74, 6) is 0. The molecule has 0 radical (unpaired) electrons. The number of fused-ring (bicyclic) bond motifs is 9. The Labute approximate surface area is 302 Å². The fraction of sp³-hybridized carbons (Fsp3) is 0.0667. The Morgan fingerprint density at radius 2 is 1.31 bits per heavy atom.